The predicted octanol–water partition coefficient (Wildman–Crippen LogP) is 6.33. The molecule has 188 valence electrons. The number of allylic oxidation sites excluding steroid dienone is 1. The fourth-order valence-corrected chi connectivity index (χ4v) is 5.69. The first kappa shape index (κ1) is 24.3. The smallest absolute Gasteiger partial charge is 0.119 e. The summed E-state index contributed by atoms with van der Waals surface area (Å²) < 4.78 is 6.17. The molecule has 1 fully saturated rings. The maximum Gasteiger partial charge on any atom is 0.119 e. The number of hydrogen-bond acceptors (Lipinski definition) is 5. The van der Waals surface area contributed by atoms with E-state index in [9.17, 15) is 10.2 Å². The van der Waals surface area contributed by atoms with Crippen molar-refractivity contribution in [3.63, 3.8) is 0 Å². The van der Waals surface area contributed by atoms with E-state index in [0.29, 0.717) is 12.6 Å². The van der Waals surface area contributed by atoms with E-state index >= 15 is 0 Å². The summed E-state index contributed by atoms with van der Waals surface area (Å²) in [6.07, 6.45) is 1.27. The Kier molecular flexibility index (Phi) is 6.67. The molecule has 5 heteroatoms. The average Bonchev–Trinajstić information content (AvgIpc) is 3.31. The Morgan fingerprint density at radius 2 is 1.75 bits per heavy atom. The number of aromatic hydroxyl groups is 2. The van der Waals surface area contributed by atoms with E-state index in [1.54, 1.807) is 12.1 Å². The van der Waals surface area contributed by atoms with E-state index in [0.717, 1.165) is 58.3 Å². The molecule has 2 aliphatic heterocycles. The molecule has 2 aliphatic rings. The van der Waals surface area contributed by atoms with Crippen LogP contribution in [0.4, 0.5) is 5.69 Å². The minimum atomic E-state index is -0.0529. The summed E-state index contributed by atoms with van der Waals surface area (Å²) in [7, 11) is 2.08. The molecule has 0 aliphatic carbocycles. The van der Waals surface area contributed by atoms with Crippen molar-refractivity contribution in [2.24, 2.45) is 5.92 Å². The fraction of sp³-hybridized carbons (Fsp3) is 0.355. The number of phenols is 2. The van der Waals surface area contributed by atoms with Crippen molar-refractivity contribution in [2.45, 2.75) is 39.3 Å². The van der Waals surface area contributed by atoms with Crippen LogP contribution in [0.3, 0.4) is 0 Å². The van der Waals surface area contributed by atoms with Crippen LogP contribution in [-0.2, 0) is 0 Å². The van der Waals surface area contributed by atoms with Crippen molar-refractivity contribution < 1.29 is 14.9 Å². The quantitative estimate of drug-likeness (QED) is 0.428. The Bertz CT molecular complexity index is 1270. The van der Waals surface area contributed by atoms with Gasteiger partial charge in [-0.3, -0.25) is 4.90 Å². The van der Waals surface area contributed by atoms with Gasteiger partial charge in [0.15, 0.2) is 0 Å². The SMILES string of the molecule is CC1=C(c2cccc(O)c2)C(c2ccc(OC[C@H](C)N3CC[C@@H](C)C3)cc2)N(C)c2ccc(O)cc21. The maximum absolute atomic E-state index is 10.2. The van der Waals surface area contributed by atoms with Crippen molar-refractivity contribution in [3.05, 3.63) is 83.4 Å². The van der Waals surface area contributed by atoms with Crippen molar-refractivity contribution in [1.29, 1.82) is 0 Å². The number of rotatable bonds is 6. The summed E-state index contributed by atoms with van der Waals surface area (Å²) in [5.41, 5.74) is 6.36. The molecule has 3 aromatic carbocycles. The molecule has 3 aromatic rings. The summed E-state index contributed by atoms with van der Waals surface area (Å²) in [5.74, 6) is 2.13. The second kappa shape index (κ2) is 9.90. The minimum absolute atomic E-state index is 0.0529. The van der Waals surface area contributed by atoms with E-state index in [2.05, 4.69) is 61.9 Å². The number of likely N-dealkylation sites (N-methyl/N-ethyl adjacent to an activating group) is 1. The zero-order valence-corrected chi connectivity index (χ0v) is 21.6. The standard InChI is InChI=1S/C31H36N2O3/c1-20-14-15-33(18-20)21(2)19-36-27-11-8-23(9-12-27)31-30(24-6-5-7-25(34)16-24)22(3)28-17-26(35)10-13-29(28)32(31)4/h5-13,16-17,20-21,31,34-35H,14-15,18-19H2,1-4H3/t20-,21+,31?/m1/s1. The third-order valence-electron chi connectivity index (χ3n) is 7.75. The third kappa shape index (κ3) is 4.68. The van der Waals surface area contributed by atoms with Crippen LogP contribution in [0.5, 0.6) is 17.2 Å². The normalized spacial score (nSPS) is 20.9. The number of hydrogen-bond donors (Lipinski definition) is 2. The Labute approximate surface area is 214 Å². The monoisotopic (exact) mass is 484 g/mol. The molecule has 5 nitrogen and oxygen atoms in total. The largest absolute Gasteiger partial charge is 0.508 e. The van der Waals surface area contributed by atoms with Gasteiger partial charge in [0.25, 0.3) is 0 Å². The van der Waals surface area contributed by atoms with E-state index in [1.165, 1.54) is 6.42 Å². The summed E-state index contributed by atoms with van der Waals surface area (Å²) in [6.45, 7) is 9.64. The molecule has 0 saturated carbocycles. The van der Waals surface area contributed by atoms with Gasteiger partial charge in [-0.25, -0.2) is 0 Å². The highest BCUT2D eigenvalue weighted by molar-refractivity contribution is 6.00. The summed E-state index contributed by atoms with van der Waals surface area (Å²) in [6, 6.07) is 21.7. The van der Waals surface area contributed by atoms with Crippen LogP contribution in [0.1, 0.15) is 49.9 Å². The van der Waals surface area contributed by atoms with Crippen LogP contribution in [-0.4, -0.2) is 47.9 Å². The van der Waals surface area contributed by atoms with Gasteiger partial charge >= 0.3 is 0 Å². The molecular formula is C31H36N2O3. The second-order valence-corrected chi connectivity index (χ2v) is 10.4. The average molecular weight is 485 g/mol. The van der Waals surface area contributed by atoms with Gasteiger partial charge in [-0.05, 0) is 97.5 Å². The zero-order chi connectivity index (χ0) is 25.4. The Balaban J connectivity index is 1.45. The molecule has 1 saturated heterocycles. The first-order valence-electron chi connectivity index (χ1n) is 12.8. The summed E-state index contributed by atoms with van der Waals surface area (Å²) >= 11 is 0. The van der Waals surface area contributed by atoms with Crippen LogP contribution in [0.2, 0.25) is 0 Å². The Morgan fingerprint density at radius 1 is 1.00 bits per heavy atom. The molecule has 3 atom stereocenters. The molecule has 0 spiro atoms. The molecule has 2 heterocycles. The van der Waals surface area contributed by atoms with E-state index < -0.39 is 0 Å². The number of nitrogens with zero attached hydrogens (tertiary/aromatic N) is 2. The molecule has 1 unspecified atom stereocenters. The van der Waals surface area contributed by atoms with Gasteiger partial charge in [0.05, 0.1) is 6.04 Å². The molecule has 36 heavy (non-hydrogen) atoms. The highest BCUT2D eigenvalue weighted by Crippen LogP contribution is 2.49. The van der Waals surface area contributed by atoms with Crippen molar-refractivity contribution in [1.82, 2.24) is 4.90 Å². The van der Waals surface area contributed by atoms with Crippen LogP contribution < -0.4 is 9.64 Å². The molecule has 2 N–H and O–H groups in total. The number of phenolic OH excluding ortho intramolecular Hbond substituents is 2. The topological polar surface area (TPSA) is 56.2 Å². The number of ether oxygens (including phenoxy) is 1. The zero-order valence-electron chi connectivity index (χ0n) is 21.6. The lowest BCUT2D eigenvalue weighted by Gasteiger charge is -2.39. The highest BCUT2D eigenvalue weighted by Gasteiger charge is 2.32. The van der Waals surface area contributed by atoms with Gasteiger partial charge in [-0.15, -0.1) is 0 Å². The maximum atomic E-state index is 10.2. The molecular weight excluding hydrogens is 448 g/mol. The summed E-state index contributed by atoms with van der Waals surface area (Å²) in [4.78, 5) is 4.76. The number of likely N-dealkylation sites (tertiary alicyclic amines) is 1. The molecule has 0 aromatic heterocycles. The van der Waals surface area contributed by atoms with Crippen LogP contribution >= 0.6 is 0 Å². The van der Waals surface area contributed by atoms with Gasteiger partial charge in [-0.2, -0.15) is 0 Å². The second-order valence-electron chi connectivity index (χ2n) is 10.4. The van der Waals surface area contributed by atoms with Gasteiger partial charge in [0.2, 0.25) is 0 Å². The Hall–Kier alpha value is -3.44. The van der Waals surface area contributed by atoms with Gasteiger partial charge in [-0.1, -0.05) is 31.2 Å². The van der Waals surface area contributed by atoms with Gasteiger partial charge in [0, 0.05) is 30.9 Å². The van der Waals surface area contributed by atoms with Crippen molar-refractivity contribution in [3.8, 4) is 17.2 Å². The van der Waals surface area contributed by atoms with Crippen molar-refractivity contribution >= 4 is 16.8 Å². The fourth-order valence-electron chi connectivity index (χ4n) is 5.69. The lowest BCUT2D eigenvalue weighted by atomic mass is 9.82. The van der Waals surface area contributed by atoms with Gasteiger partial charge < -0.3 is 19.8 Å². The summed E-state index contributed by atoms with van der Waals surface area (Å²) in [5, 5.41) is 20.4. The molecule has 0 bridgehead atoms. The molecule has 0 radical (unpaired) electrons. The van der Waals surface area contributed by atoms with Crippen molar-refractivity contribution in [2.75, 3.05) is 31.6 Å². The van der Waals surface area contributed by atoms with Crippen LogP contribution in [0.15, 0.2) is 66.7 Å². The number of anilines is 1. The lowest BCUT2D eigenvalue weighted by Crippen LogP contribution is -2.35. The van der Waals surface area contributed by atoms with Gasteiger partial charge in [0.1, 0.15) is 23.9 Å². The van der Waals surface area contributed by atoms with E-state index in [4.69, 9.17) is 4.74 Å². The third-order valence-corrected chi connectivity index (χ3v) is 7.75. The van der Waals surface area contributed by atoms with E-state index in [1.807, 2.05) is 30.3 Å². The Morgan fingerprint density at radius 3 is 2.44 bits per heavy atom. The first-order valence-corrected chi connectivity index (χ1v) is 12.8. The van der Waals surface area contributed by atoms with Crippen LogP contribution in [0.25, 0.3) is 11.1 Å². The minimum Gasteiger partial charge on any atom is -0.508 e. The first-order chi connectivity index (χ1) is 17.3. The number of benzene rings is 3. The van der Waals surface area contributed by atoms with E-state index in [-0.39, 0.29) is 17.5 Å². The molecule has 0 amide bonds. The number of fused-ring (bicyclic) bond motifs is 1. The molecule has 5 rings (SSSR count). The highest BCUT2D eigenvalue weighted by atomic mass is 16.5. The predicted molar refractivity (Wildman–Crippen MR) is 147 cm³/mol. The lowest BCUT2D eigenvalue weighted by molar-refractivity contribution is 0.169. The van der Waals surface area contributed by atoms with Crippen LogP contribution in [0, 0.1) is 5.92 Å².